The normalized spacial score (nSPS) is 23.2. The summed E-state index contributed by atoms with van der Waals surface area (Å²) in [7, 11) is 0. The van der Waals surface area contributed by atoms with E-state index in [0.29, 0.717) is 11.6 Å². The van der Waals surface area contributed by atoms with Gasteiger partial charge in [0.2, 0.25) is 0 Å². The molecule has 6 heteroatoms. The van der Waals surface area contributed by atoms with E-state index >= 15 is 0 Å². The smallest absolute Gasteiger partial charge is 0.276 e. The van der Waals surface area contributed by atoms with E-state index in [1.54, 1.807) is 0 Å². The molecule has 4 rings (SSSR count). The largest absolute Gasteiger partial charge is 0.379 e. The molecule has 0 N–H and O–H groups in total. The fourth-order valence-electron chi connectivity index (χ4n) is 4.17. The molecule has 0 saturated carbocycles. The number of aryl methyl sites for hydroxylation is 1. The zero-order valence-electron chi connectivity index (χ0n) is 14.3. The second-order valence-corrected chi connectivity index (χ2v) is 7.29. The SMILES string of the molecule is O=C(c1noc2c1CCCC2)N1CCC(CN2CCOCC2)CC1. The predicted octanol–water partition coefficient (Wildman–Crippen LogP) is 1.74. The molecule has 132 valence electrons. The number of nitrogens with zero attached hydrogens (tertiary/aromatic N) is 3. The molecule has 0 radical (unpaired) electrons. The number of morpholine rings is 1. The zero-order chi connectivity index (χ0) is 16.4. The molecule has 0 atom stereocenters. The van der Waals surface area contributed by atoms with Crippen molar-refractivity contribution < 1.29 is 14.1 Å². The highest BCUT2D eigenvalue weighted by Crippen LogP contribution is 2.27. The molecule has 0 unspecified atom stereocenters. The summed E-state index contributed by atoms with van der Waals surface area (Å²) >= 11 is 0. The number of aromatic nitrogens is 1. The summed E-state index contributed by atoms with van der Waals surface area (Å²) < 4.78 is 10.8. The minimum Gasteiger partial charge on any atom is -0.379 e. The van der Waals surface area contributed by atoms with Gasteiger partial charge in [-0.2, -0.15) is 0 Å². The number of rotatable bonds is 3. The standard InChI is InChI=1S/C18H27N3O3/c22-18(17-15-3-1-2-4-16(15)24-19-17)21-7-5-14(6-8-21)13-20-9-11-23-12-10-20/h14H,1-13H2. The predicted molar refractivity (Wildman–Crippen MR) is 89.0 cm³/mol. The van der Waals surface area contributed by atoms with Gasteiger partial charge >= 0.3 is 0 Å². The summed E-state index contributed by atoms with van der Waals surface area (Å²) in [4.78, 5) is 17.3. The van der Waals surface area contributed by atoms with Crippen molar-refractivity contribution in [1.29, 1.82) is 0 Å². The van der Waals surface area contributed by atoms with Crippen LogP contribution >= 0.6 is 0 Å². The first-order valence-electron chi connectivity index (χ1n) is 9.38. The molecular formula is C18H27N3O3. The molecule has 1 amide bonds. The van der Waals surface area contributed by atoms with Crippen LogP contribution in [0, 0.1) is 5.92 Å². The van der Waals surface area contributed by atoms with Crippen LogP contribution in [0.4, 0.5) is 0 Å². The summed E-state index contributed by atoms with van der Waals surface area (Å²) in [6, 6.07) is 0. The molecule has 1 aromatic heterocycles. The van der Waals surface area contributed by atoms with Gasteiger partial charge in [0.05, 0.1) is 13.2 Å². The lowest BCUT2D eigenvalue weighted by molar-refractivity contribution is 0.0242. The van der Waals surface area contributed by atoms with Crippen LogP contribution in [-0.2, 0) is 17.6 Å². The highest BCUT2D eigenvalue weighted by atomic mass is 16.5. The molecule has 24 heavy (non-hydrogen) atoms. The Morgan fingerprint density at radius 1 is 1.08 bits per heavy atom. The Labute approximate surface area is 143 Å². The Balaban J connectivity index is 1.32. The van der Waals surface area contributed by atoms with E-state index in [2.05, 4.69) is 10.1 Å². The van der Waals surface area contributed by atoms with Crippen LogP contribution in [-0.4, -0.2) is 66.8 Å². The van der Waals surface area contributed by atoms with Crippen molar-refractivity contribution in [3.8, 4) is 0 Å². The van der Waals surface area contributed by atoms with Crippen LogP contribution in [0.2, 0.25) is 0 Å². The summed E-state index contributed by atoms with van der Waals surface area (Å²) in [5, 5.41) is 4.10. The Morgan fingerprint density at radius 3 is 2.62 bits per heavy atom. The lowest BCUT2D eigenvalue weighted by atomic mass is 9.94. The highest BCUT2D eigenvalue weighted by molar-refractivity contribution is 5.94. The number of ether oxygens (including phenoxy) is 1. The summed E-state index contributed by atoms with van der Waals surface area (Å²) in [6.07, 6.45) is 6.32. The molecule has 0 aromatic carbocycles. The number of amides is 1. The molecule has 1 aliphatic carbocycles. The van der Waals surface area contributed by atoms with Crippen LogP contribution in [0.1, 0.15) is 47.5 Å². The van der Waals surface area contributed by atoms with Crippen LogP contribution in [0.3, 0.4) is 0 Å². The molecule has 0 bridgehead atoms. The molecule has 0 spiro atoms. The number of likely N-dealkylation sites (tertiary alicyclic amines) is 1. The van der Waals surface area contributed by atoms with Crippen molar-refractivity contribution in [3.05, 3.63) is 17.0 Å². The fraction of sp³-hybridized carbons (Fsp3) is 0.778. The highest BCUT2D eigenvalue weighted by Gasteiger charge is 2.30. The molecule has 2 fully saturated rings. The number of hydrogen-bond donors (Lipinski definition) is 0. The average Bonchev–Trinajstić information content (AvgIpc) is 3.07. The van der Waals surface area contributed by atoms with Gasteiger partial charge in [-0.05, 0) is 38.0 Å². The van der Waals surface area contributed by atoms with Gasteiger partial charge in [-0.25, -0.2) is 0 Å². The van der Waals surface area contributed by atoms with Crippen molar-refractivity contribution in [2.75, 3.05) is 45.9 Å². The van der Waals surface area contributed by atoms with E-state index in [0.717, 1.165) is 95.8 Å². The van der Waals surface area contributed by atoms with Crippen molar-refractivity contribution >= 4 is 5.91 Å². The first-order valence-corrected chi connectivity index (χ1v) is 9.38. The van der Waals surface area contributed by atoms with Gasteiger partial charge in [-0.1, -0.05) is 5.16 Å². The third kappa shape index (κ3) is 3.35. The maximum atomic E-state index is 12.8. The second kappa shape index (κ2) is 7.23. The minimum atomic E-state index is 0.0757. The molecule has 3 heterocycles. The van der Waals surface area contributed by atoms with Gasteiger partial charge in [0.1, 0.15) is 5.76 Å². The van der Waals surface area contributed by atoms with Crippen molar-refractivity contribution in [2.24, 2.45) is 5.92 Å². The third-order valence-corrected chi connectivity index (χ3v) is 5.67. The lowest BCUT2D eigenvalue weighted by Crippen LogP contribution is -2.44. The van der Waals surface area contributed by atoms with E-state index in [1.165, 1.54) is 0 Å². The number of carbonyl (C=O) groups excluding carboxylic acids is 1. The Hall–Kier alpha value is -1.40. The maximum Gasteiger partial charge on any atom is 0.276 e. The van der Waals surface area contributed by atoms with Crippen molar-refractivity contribution in [1.82, 2.24) is 15.0 Å². The first-order chi connectivity index (χ1) is 11.8. The van der Waals surface area contributed by atoms with Crippen LogP contribution < -0.4 is 0 Å². The quantitative estimate of drug-likeness (QED) is 0.843. The monoisotopic (exact) mass is 333 g/mol. The van der Waals surface area contributed by atoms with Gasteiger partial charge in [-0.15, -0.1) is 0 Å². The van der Waals surface area contributed by atoms with E-state index in [4.69, 9.17) is 9.26 Å². The molecule has 1 aromatic rings. The van der Waals surface area contributed by atoms with E-state index < -0.39 is 0 Å². The maximum absolute atomic E-state index is 12.8. The van der Waals surface area contributed by atoms with Crippen molar-refractivity contribution in [3.63, 3.8) is 0 Å². The van der Waals surface area contributed by atoms with E-state index in [9.17, 15) is 4.79 Å². The Morgan fingerprint density at radius 2 is 1.83 bits per heavy atom. The average molecular weight is 333 g/mol. The van der Waals surface area contributed by atoms with Gasteiger partial charge in [0.25, 0.3) is 5.91 Å². The Kier molecular flexibility index (Phi) is 4.85. The molecule has 3 aliphatic rings. The van der Waals surface area contributed by atoms with Crippen LogP contribution in [0.25, 0.3) is 0 Å². The van der Waals surface area contributed by atoms with Gasteiger partial charge < -0.3 is 14.2 Å². The van der Waals surface area contributed by atoms with E-state index in [-0.39, 0.29) is 5.91 Å². The number of fused-ring (bicyclic) bond motifs is 1. The van der Waals surface area contributed by atoms with Gasteiger partial charge in [-0.3, -0.25) is 9.69 Å². The lowest BCUT2D eigenvalue weighted by Gasteiger charge is -2.35. The molecule has 2 saturated heterocycles. The number of hydrogen-bond acceptors (Lipinski definition) is 5. The van der Waals surface area contributed by atoms with Crippen molar-refractivity contribution in [2.45, 2.75) is 38.5 Å². The molecule has 6 nitrogen and oxygen atoms in total. The molecular weight excluding hydrogens is 306 g/mol. The van der Waals surface area contributed by atoms with Gasteiger partial charge in [0, 0.05) is 44.7 Å². The van der Waals surface area contributed by atoms with Crippen LogP contribution in [0.15, 0.2) is 4.52 Å². The number of piperidine rings is 1. The third-order valence-electron chi connectivity index (χ3n) is 5.67. The van der Waals surface area contributed by atoms with Crippen LogP contribution in [0.5, 0.6) is 0 Å². The minimum absolute atomic E-state index is 0.0757. The zero-order valence-corrected chi connectivity index (χ0v) is 14.3. The van der Waals surface area contributed by atoms with E-state index in [1.807, 2.05) is 4.90 Å². The fourth-order valence-corrected chi connectivity index (χ4v) is 4.17. The second-order valence-electron chi connectivity index (χ2n) is 7.29. The Bertz CT molecular complexity index is 572. The van der Waals surface area contributed by atoms with Gasteiger partial charge in [0.15, 0.2) is 5.69 Å². The number of carbonyl (C=O) groups is 1. The summed E-state index contributed by atoms with van der Waals surface area (Å²) in [6.45, 7) is 6.63. The first kappa shape index (κ1) is 16.1. The summed E-state index contributed by atoms with van der Waals surface area (Å²) in [5.41, 5.74) is 1.65. The molecule has 2 aliphatic heterocycles. The topological polar surface area (TPSA) is 58.8 Å². The summed E-state index contributed by atoms with van der Waals surface area (Å²) in [5.74, 6) is 1.71.